The van der Waals surface area contributed by atoms with Crippen molar-refractivity contribution in [1.82, 2.24) is 4.90 Å². The number of hydrogen-bond donors (Lipinski definition) is 0. The molecule has 0 amide bonds. The van der Waals surface area contributed by atoms with Crippen molar-refractivity contribution in [2.45, 2.75) is 19.9 Å². The van der Waals surface area contributed by atoms with Gasteiger partial charge in [0.15, 0.2) is 6.20 Å². The van der Waals surface area contributed by atoms with Crippen molar-refractivity contribution in [3.63, 3.8) is 0 Å². The number of nitrogens with zero attached hydrogens (tertiary/aromatic N) is 2. The molecule has 3 aromatic carbocycles. The van der Waals surface area contributed by atoms with Crippen LogP contribution in [0.1, 0.15) is 16.7 Å². The van der Waals surface area contributed by atoms with Crippen LogP contribution in [0.4, 0.5) is 0 Å². The van der Waals surface area contributed by atoms with Gasteiger partial charge >= 0.3 is 0 Å². The zero-order valence-corrected chi connectivity index (χ0v) is 18.9. The van der Waals surface area contributed by atoms with E-state index in [4.69, 9.17) is 4.42 Å². The molecule has 0 bridgehead atoms. The predicted octanol–water partition coefficient (Wildman–Crippen LogP) is 6.04. The maximum Gasteiger partial charge on any atom is 0.216 e. The van der Waals surface area contributed by atoms with E-state index in [0.717, 1.165) is 36.4 Å². The standard InChI is InChI=1S/C29H27N2O/c1-19-10-13-25-24-8-6-7-23(21-11-12-22-18-30(2)16-14-20(22)17-21)28(24)32-29(25)27(19)26-9-4-5-15-31(26)3/h4-13,15,17H,14,16,18H2,1-3H3/q+1. The lowest BCUT2D eigenvalue weighted by Crippen LogP contribution is -2.30. The Bertz CT molecular complexity index is 1490. The summed E-state index contributed by atoms with van der Waals surface area (Å²) in [4.78, 5) is 2.38. The SMILES string of the molecule is Cc1ccc2c(oc3c(-c4ccc5c(c4)CCN(C)C5)cccc32)c1-c1cccc[n+]1C. The van der Waals surface area contributed by atoms with Gasteiger partial charge in [-0.05, 0) is 48.7 Å². The molecule has 0 saturated heterocycles. The number of rotatable bonds is 2. The largest absolute Gasteiger partial charge is 0.454 e. The maximum atomic E-state index is 6.70. The molecule has 32 heavy (non-hydrogen) atoms. The first-order valence-corrected chi connectivity index (χ1v) is 11.3. The van der Waals surface area contributed by atoms with Crippen LogP contribution in [0.15, 0.2) is 77.3 Å². The van der Waals surface area contributed by atoms with E-state index in [0.29, 0.717) is 0 Å². The van der Waals surface area contributed by atoms with Crippen LogP contribution >= 0.6 is 0 Å². The number of fused-ring (bicyclic) bond motifs is 4. The van der Waals surface area contributed by atoms with Crippen molar-refractivity contribution >= 4 is 21.9 Å². The molecule has 0 radical (unpaired) electrons. The molecule has 1 aliphatic heterocycles. The van der Waals surface area contributed by atoms with Crippen molar-refractivity contribution in [2.24, 2.45) is 7.05 Å². The minimum atomic E-state index is 0.967. The van der Waals surface area contributed by atoms with Crippen LogP contribution in [0.5, 0.6) is 0 Å². The van der Waals surface area contributed by atoms with Crippen LogP contribution < -0.4 is 4.57 Å². The summed E-state index contributed by atoms with van der Waals surface area (Å²) in [5.74, 6) is 0. The van der Waals surface area contributed by atoms with E-state index in [1.165, 1.54) is 44.2 Å². The highest BCUT2D eigenvalue weighted by atomic mass is 16.3. The van der Waals surface area contributed by atoms with E-state index in [1.54, 1.807) is 0 Å². The van der Waals surface area contributed by atoms with Gasteiger partial charge in [0.1, 0.15) is 18.2 Å². The third kappa shape index (κ3) is 2.96. The summed E-state index contributed by atoms with van der Waals surface area (Å²) in [5.41, 5.74) is 10.8. The molecule has 3 heterocycles. The molecule has 1 aliphatic rings. The zero-order chi connectivity index (χ0) is 21.8. The highest BCUT2D eigenvalue weighted by molar-refractivity contribution is 6.13. The van der Waals surface area contributed by atoms with Crippen LogP contribution in [0.25, 0.3) is 44.3 Å². The molecule has 0 N–H and O–H groups in total. The quantitative estimate of drug-likeness (QED) is 0.325. The van der Waals surface area contributed by atoms with E-state index in [1.807, 2.05) is 0 Å². The highest BCUT2D eigenvalue weighted by Gasteiger charge is 2.22. The molecular weight excluding hydrogens is 392 g/mol. The van der Waals surface area contributed by atoms with Crippen LogP contribution in [0.3, 0.4) is 0 Å². The average Bonchev–Trinajstić information content (AvgIpc) is 3.18. The van der Waals surface area contributed by atoms with Crippen molar-refractivity contribution < 1.29 is 8.98 Å². The molecule has 0 aliphatic carbocycles. The molecule has 158 valence electrons. The number of hydrogen-bond acceptors (Lipinski definition) is 2. The van der Waals surface area contributed by atoms with Crippen molar-refractivity contribution in [2.75, 3.05) is 13.6 Å². The van der Waals surface area contributed by atoms with Gasteiger partial charge in [0.05, 0.1) is 5.56 Å². The Morgan fingerprint density at radius 3 is 2.62 bits per heavy atom. The number of benzene rings is 3. The summed E-state index contributed by atoms with van der Waals surface area (Å²) in [6.07, 6.45) is 3.19. The third-order valence-corrected chi connectivity index (χ3v) is 6.91. The van der Waals surface area contributed by atoms with Gasteiger partial charge in [-0.25, -0.2) is 4.57 Å². The minimum absolute atomic E-state index is 0.967. The summed E-state index contributed by atoms with van der Waals surface area (Å²) >= 11 is 0. The minimum Gasteiger partial charge on any atom is -0.454 e. The average molecular weight is 420 g/mol. The second-order valence-electron chi connectivity index (χ2n) is 9.09. The fraction of sp³-hybridized carbons (Fsp3) is 0.207. The molecule has 3 nitrogen and oxygen atoms in total. The molecule has 0 atom stereocenters. The van der Waals surface area contributed by atoms with Gasteiger partial charge in [-0.15, -0.1) is 0 Å². The Kier molecular flexibility index (Phi) is 4.41. The van der Waals surface area contributed by atoms with Crippen LogP contribution in [0.2, 0.25) is 0 Å². The number of para-hydroxylation sites is 1. The van der Waals surface area contributed by atoms with Gasteiger partial charge in [-0.2, -0.15) is 0 Å². The molecule has 2 aromatic heterocycles. The van der Waals surface area contributed by atoms with E-state index in [-0.39, 0.29) is 0 Å². The summed E-state index contributed by atoms with van der Waals surface area (Å²) in [6, 6.07) is 24.2. The lowest BCUT2D eigenvalue weighted by Gasteiger charge is -2.25. The van der Waals surface area contributed by atoms with E-state index in [2.05, 4.69) is 103 Å². The Morgan fingerprint density at radius 1 is 0.875 bits per heavy atom. The molecule has 6 rings (SSSR count). The van der Waals surface area contributed by atoms with Gasteiger partial charge < -0.3 is 9.32 Å². The number of furan rings is 1. The number of likely N-dealkylation sites (N-methyl/N-ethyl adjacent to an activating group) is 1. The van der Waals surface area contributed by atoms with Crippen molar-refractivity contribution in [1.29, 1.82) is 0 Å². The summed E-state index contributed by atoms with van der Waals surface area (Å²) in [5, 5.41) is 2.35. The zero-order valence-electron chi connectivity index (χ0n) is 18.9. The van der Waals surface area contributed by atoms with E-state index >= 15 is 0 Å². The fourth-order valence-corrected chi connectivity index (χ4v) is 5.15. The normalized spacial score (nSPS) is 14.2. The topological polar surface area (TPSA) is 20.3 Å². The highest BCUT2D eigenvalue weighted by Crippen LogP contribution is 2.40. The molecule has 3 heteroatoms. The lowest BCUT2D eigenvalue weighted by atomic mass is 9.94. The molecule has 0 fully saturated rings. The predicted molar refractivity (Wildman–Crippen MR) is 131 cm³/mol. The van der Waals surface area contributed by atoms with Gasteiger partial charge in [-0.1, -0.05) is 48.5 Å². The van der Waals surface area contributed by atoms with Gasteiger partial charge in [-0.3, -0.25) is 0 Å². The molecule has 0 unspecified atom stereocenters. The summed E-state index contributed by atoms with van der Waals surface area (Å²) in [6.45, 7) is 4.31. The third-order valence-electron chi connectivity index (χ3n) is 6.91. The number of aryl methyl sites for hydroxylation is 2. The molecule has 5 aromatic rings. The van der Waals surface area contributed by atoms with Gasteiger partial charge in [0.2, 0.25) is 5.69 Å². The van der Waals surface area contributed by atoms with Crippen LogP contribution in [-0.4, -0.2) is 18.5 Å². The lowest BCUT2D eigenvalue weighted by molar-refractivity contribution is -0.660. The Labute approximate surface area is 188 Å². The molecule has 0 saturated carbocycles. The number of aromatic nitrogens is 1. The number of pyridine rings is 1. The van der Waals surface area contributed by atoms with Crippen molar-refractivity contribution in [3.8, 4) is 22.4 Å². The summed E-state index contributed by atoms with van der Waals surface area (Å²) < 4.78 is 8.86. The van der Waals surface area contributed by atoms with Crippen LogP contribution in [-0.2, 0) is 20.0 Å². The van der Waals surface area contributed by atoms with E-state index in [9.17, 15) is 0 Å². The molecule has 0 spiro atoms. The second kappa shape index (κ2) is 7.32. The first kappa shape index (κ1) is 19.3. The Hall–Kier alpha value is -3.43. The first-order chi connectivity index (χ1) is 15.6. The first-order valence-electron chi connectivity index (χ1n) is 11.3. The summed E-state index contributed by atoms with van der Waals surface area (Å²) in [7, 11) is 4.28. The Balaban J connectivity index is 1.60. The molecular formula is C29H27N2O+. The van der Waals surface area contributed by atoms with Gasteiger partial charge in [0, 0.05) is 41.6 Å². The van der Waals surface area contributed by atoms with Crippen LogP contribution in [0, 0.1) is 6.92 Å². The second-order valence-corrected chi connectivity index (χ2v) is 9.09. The Morgan fingerprint density at radius 2 is 1.75 bits per heavy atom. The van der Waals surface area contributed by atoms with Gasteiger partial charge in [0.25, 0.3) is 0 Å². The maximum absolute atomic E-state index is 6.70. The monoisotopic (exact) mass is 419 g/mol. The van der Waals surface area contributed by atoms with Crippen molar-refractivity contribution in [3.05, 3.63) is 89.6 Å². The smallest absolute Gasteiger partial charge is 0.216 e. The van der Waals surface area contributed by atoms with E-state index < -0.39 is 0 Å². The fourth-order valence-electron chi connectivity index (χ4n) is 5.15.